The summed E-state index contributed by atoms with van der Waals surface area (Å²) in [5, 5.41) is 4.14. The van der Waals surface area contributed by atoms with Gasteiger partial charge in [0.25, 0.3) is 12.3 Å². The van der Waals surface area contributed by atoms with Crippen LogP contribution in [0.15, 0.2) is 24.3 Å². The van der Waals surface area contributed by atoms with E-state index in [4.69, 9.17) is 0 Å². The van der Waals surface area contributed by atoms with Crippen LogP contribution in [0, 0.1) is 0 Å². The highest BCUT2D eigenvalue weighted by Gasteiger charge is 2.44. The summed E-state index contributed by atoms with van der Waals surface area (Å²) in [5.74, 6) is -1.08. The van der Waals surface area contributed by atoms with Crippen LogP contribution in [0.1, 0.15) is 46.4 Å². The van der Waals surface area contributed by atoms with Gasteiger partial charge in [0, 0.05) is 48.2 Å². The van der Waals surface area contributed by atoms with Crippen molar-refractivity contribution >= 4 is 16.8 Å². The van der Waals surface area contributed by atoms with Gasteiger partial charge in [-0.15, -0.1) is 0 Å². The molecular weight excluding hydrogens is 395 g/mol. The molecule has 1 N–H and O–H groups in total. The van der Waals surface area contributed by atoms with Gasteiger partial charge in [-0.2, -0.15) is 18.3 Å². The summed E-state index contributed by atoms with van der Waals surface area (Å²) in [6.45, 7) is 1.35. The number of rotatable bonds is 3. The lowest BCUT2D eigenvalue weighted by Crippen LogP contribution is -2.37. The number of nitrogens with zero attached hydrogens (tertiary/aromatic N) is 3. The number of fused-ring (bicyclic) bond motifs is 3. The Morgan fingerprint density at radius 2 is 2.00 bits per heavy atom. The van der Waals surface area contributed by atoms with Crippen LogP contribution in [0.25, 0.3) is 10.9 Å². The lowest BCUT2D eigenvalue weighted by Gasteiger charge is -2.28. The molecule has 2 aromatic heterocycles. The smallest absolute Gasteiger partial charge is 0.358 e. The molecule has 0 spiro atoms. The fourth-order valence-corrected chi connectivity index (χ4v) is 3.85. The van der Waals surface area contributed by atoms with Gasteiger partial charge in [-0.3, -0.25) is 9.48 Å². The number of hydrogen-bond acceptors (Lipinski definition) is 2. The van der Waals surface area contributed by atoms with E-state index >= 15 is 0 Å². The van der Waals surface area contributed by atoms with E-state index in [0.29, 0.717) is 11.1 Å². The van der Waals surface area contributed by atoms with Crippen molar-refractivity contribution in [3.8, 4) is 0 Å². The van der Waals surface area contributed by atoms with Crippen LogP contribution in [-0.2, 0) is 25.7 Å². The van der Waals surface area contributed by atoms with E-state index in [1.165, 1.54) is 11.8 Å². The number of nitrogens with one attached hydrogen (secondary N) is 1. The second-order valence-corrected chi connectivity index (χ2v) is 6.83. The predicted molar refractivity (Wildman–Crippen MR) is 94.6 cm³/mol. The lowest BCUT2D eigenvalue weighted by molar-refractivity contribution is -0.141. The number of alkyl halides is 5. The standard InChI is InChI=1S/C19H17F5N4O/c1-2-28-15(17(20)21)14(16(26-28)19(22,23)24)18(29)27-8-7-13-11(9-27)10-5-3-4-6-12(10)25-13/h3-6,17,25H,2,7-9H2,1H3. The summed E-state index contributed by atoms with van der Waals surface area (Å²) in [7, 11) is 0. The highest BCUT2D eigenvalue weighted by Crippen LogP contribution is 2.37. The van der Waals surface area contributed by atoms with Crippen molar-refractivity contribution in [1.82, 2.24) is 19.7 Å². The number of para-hydroxylation sites is 1. The van der Waals surface area contributed by atoms with Gasteiger partial charge in [-0.05, 0) is 13.0 Å². The fraction of sp³-hybridized carbons (Fsp3) is 0.368. The van der Waals surface area contributed by atoms with E-state index in [1.54, 1.807) is 0 Å². The zero-order valence-electron chi connectivity index (χ0n) is 15.4. The topological polar surface area (TPSA) is 53.9 Å². The Labute approximate surface area is 162 Å². The quantitative estimate of drug-likeness (QED) is 0.643. The number of halogens is 5. The van der Waals surface area contributed by atoms with E-state index in [2.05, 4.69) is 10.1 Å². The maximum atomic E-state index is 13.6. The van der Waals surface area contributed by atoms with Gasteiger partial charge in [0.1, 0.15) is 5.69 Å². The van der Waals surface area contributed by atoms with E-state index < -0.39 is 35.5 Å². The molecule has 3 heterocycles. The summed E-state index contributed by atoms with van der Waals surface area (Å²) < 4.78 is 68.2. The minimum absolute atomic E-state index is 0.0372. The first-order valence-corrected chi connectivity index (χ1v) is 9.06. The third kappa shape index (κ3) is 3.16. The number of aromatic amines is 1. The fourth-order valence-electron chi connectivity index (χ4n) is 3.85. The minimum atomic E-state index is -5.02. The maximum Gasteiger partial charge on any atom is 0.435 e. The molecule has 5 nitrogen and oxygen atoms in total. The molecular formula is C19H17F5N4O. The van der Waals surface area contributed by atoms with E-state index in [1.807, 2.05) is 24.3 Å². The van der Waals surface area contributed by atoms with Crippen molar-refractivity contribution in [3.63, 3.8) is 0 Å². The summed E-state index contributed by atoms with van der Waals surface area (Å²) in [4.78, 5) is 17.4. The molecule has 0 radical (unpaired) electrons. The molecule has 0 fully saturated rings. The second-order valence-electron chi connectivity index (χ2n) is 6.83. The molecule has 0 aliphatic carbocycles. The number of benzene rings is 1. The Bertz CT molecular complexity index is 1080. The van der Waals surface area contributed by atoms with Gasteiger partial charge in [-0.1, -0.05) is 18.2 Å². The maximum absolute atomic E-state index is 13.6. The molecule has 1 amide bonds. The summed E-state index contributed by atoms with van der Waals surface area (Å²) in [5.41, 5.74) is -1.08. The monoisotopic (exact) mass is 412 g/mol. The normalized spacial score (nSPS) is 14.7. The Hall–Kier alpha value is -2.91. The molecule has 1 aliphatic rings. The van der Waals surface area contributed by atoms with Crippen molar-refractivity contribution in [2.45, 2.75) is 39.0 Å². The van der Waals surface area contributed by atoms with Crippen molar-refractivity contribution in [2.75, 3.05) is 6.54 Å². The van der Waals surface area contributed by atoms with Gasteiger partial charge >= 0.3 is 6.18 Å². The molecule has 4 rings (SSSR count). The third-order valence-corrected chi connectivity index (χ3v) is 5.15. The Morgan fingerprint density at radius 3 is 2.66 bits per heavy atom. The van der Waals surface area contributed by atoms with Gasteiger partial charge in [0.2, 0.25) is 0 Å². The highest BCUT2D eigenvalue weighted by molar-refractivity contribution is 5.97. The van der Waals surface area contributed by atoms with E-state index in [0.717, 1.165) is 22.2 Å². The third-order valence-electron chi connectivity index (χ3n) is 5.15. The first-order chi connectivity index (χ1) is 13.7. The van der Waals surface area contributed by atoms with Crippen molar-refractivity contribution in [2.24, 2.45) is 0 Å². The number of aryl methyl sites for hydroxylation is 1. The average molecular weight is 412 g/mol. The number of carbonyl (C=O) groups excluding carboxylic acids is 1. The van der Waals surface area contributed by atoms with Crippen LogP contribution in [0.4, 0.5) is 22.0 Å². The van der Waals surface area contributed by atoms with Crippen molar-refractivity contribution in [3.05, 3.63) is 52.5 Å². The van der Waals surface area contributed by atoms with Gasteiger partial charge in [0.15, 0.2) is 5.69 Å². The van der Waals surface area contributed by atoms with Crippen LogP contribution in [0.2, 0.25) is 0 Å². The van der Waals surface area contributed by atoms with Gasteiger partial charge < -0.3 is 9.88 Å². The lowest BCUT2D eigenvalue weighted by atomic mass is 10.0. The van der Waals surface area contributed by atoms with Gasteiger partial charge in [-0.25, -0.2) is 8.78 Å². The van der Waals surface area contributed by atoms with E-state index in [-0.39, 0.29) is 19.6 Å². The Morgan fingerprint density at radius 1 is 1.28 bits per heavy atom. The zero-order valence-corrected chi connectivity index (χ0v) is 15.4. The zero-order chi connectivity index (χ0) is 20.9. The highest BCUT2D eigenvalue weighted by atomic mass is 19.4. The molecule has 1 aromatic carbocycles. The van der Waals surface area contributed by atoms with Crippen LogP contribution >= 0.6 is 0 Å². The van der Waals surface area contributed by atoms with Crippen molar-refractivity contribution < 1.29 is 26.7 Å². The van der Waals surface area contributed by atoms with Crippen LogP contribution in [0.5, 0.6) is 0 Å². The molecule has 10 heteroatoms. The summed E-state index contributed by atoms with van der Waals surface area (Å²) >= 11 is 0. The molecule has 0 saturated carbocycles. The van der Waals surface area contributed by atoms with Crippen LogP contribution in [0.3, 0.4) is 0 Å². The SMILES string of the molecule is CCn1nc(C(F)(F)F)c(C(=O)N2CCc3[nH]c4ccccc4c3C2)c1C(F)F. The van der Waals surface area contributed by atoms with Gasteiger partial charge in [0.05, 0.1) is 5.56 Å². The average Bonchev–Trinajstić information content (AvgIpc) is 3.25. The molecule has 154 valence electrons. The second kappa shape index (κ2) is 6.85. The minimum Gasteiger partial charge on any atom is -0.358 e. The summed E-state index contributed by atoms with van der Waals surface area (Å²) in [6, 6.07) is 7.37. The molecule has 29 heavy (non-hydrogen) atoms. The van der Waals surface area contributed by atoms with E-state index in [9.17, 15) is 26.7 Å². The molecule has 0 bridgehead atoms. The number of amides is 1. The van der Waals surface area contributed by atoms with Crippen LogP contribution in [-0.4, -0.2) is 32.1 Å². The number of H-pyrrole nitrogens is 1. The first kappa shape index (κ1) is 19.4. The number of aromatic nitrogens is 3. The summed E-state index contributed by atoms with van der Waals surface area (Å²) in [6.07, 6.45) is -7.88. The largest absolute Gasteiger partial charge is 0.435 e. The molecule has 0 unspecified atom stereocenters. The van der Waals surface area contributed by atoms with Crippen molar-refractivity contribution in [1.29, 1.82) is 0 Å². The molecule has 0 saturated heterocycles. The molecule has 1 aliphatic heterocycles. The molecule has 3 aromatic rings. The first-order valence-electron chi connectivity index (χ1n) is 9.06. The Balaban J connectivity index is 1.78. The molecule has 0 atom stereocenters. The number of hydrogen-bond donors (Lipinski definition) is 1. The van der Waals surface area contributed by atoms with Crippen LogP contribution < -0.4 is 0 Å². The predicted octanol–water partition coefficient (Wildman–Crippen LogP) is 4.54. The Kier molecular flexibility index (Phi) is 4.59. The number of carbonyl (C=O) groups is 1.